The summed E-state index contributed by atoms with van der Waals surface area (Å²) in [4.78, 5) is 12.5. The maximum Gasteiger partial charge on any atom is 0.434 e. The standard InChI is InChI=1S/C19H14ClF4N3O/c1-11(14-4-2-3-5-16(14)21)26-18(28)15-10-25-27(17(15)19(22,23)24)13-8-6-12(20)7-9-13/h2-11H,1H3,(H,26,28). The Labute approximate surface area is 162 Å². The first-order chi connectivity index (χ1) is 13.2. The maximum absolute atomic E-state index is 13.9. The SMILES string of the molecule is CC(NC(=O)c1cnn(-c2ccc(Cl)cc2)c1C(F)(F)F)c1ccccc1F. The van der Waals surface area contributed by atoms with E-state index < -0.39 is 35.2 Å². The lowest BCUT2D eigenvalue weighted by Crippen LogP contribution is -2.29. The minimum Gasteiger partial charge on any atom is -0.345 e. The van der Waals surface area contributed by atoms with Crippen molar-refractivity contribution in [3.05, 3.63) is 82.4 Å². The summed E-state index contributed by atoms with van der Waals surface area (Å²) in [5.74, 6) is -1.58. The smallest absolute Gasteiger partial charge is 0.345 e. The molecule has 1 aromatic heterocycles. The lowest BCUT2D eigenvalue weighted by atomic mass is 10.1. The van der Waals surface area contributed by atoms with E-state index in [1.807, 2.05) is 0 Å². The molecule has 3 aromatic rings. The molecule has 2 aromatic carbocycles. The predicted octanol–water partition coefficient (Wildman–Crippen LogP) is 5.17. The molecule has 3 rings (SSSR count). The van der Waals surface area contributed by atoms with Gasteiger partial charge < -0.3 is 5.32 Å². The Balaban J connectivity index is 1.96. The monoisotopic (exact) mass is 411 g/mol. The number of rotatable bonds is 4. The molecule has 0 saturated heterocycles. The van der Waals surface area contributed by atoms with Crippen molar-refractivity contribution in [2.75, 3.05) is 0 Å². The third-order valence-corrected chi connectivity index (χ3v) is 4.32. The largest absolute Gasteiger partial charge is 0.434 e. The van der Waals surface area contributed by atoms with Crippen molar-refractivity contribution >= 4 is 17.5 Å². The first-order valence-corrected chi connectivity index (χ1v) is 8.52. The number of nitrogens with zero attached hydrogens (tertiary/aromatic N) is 2. The van der Waals surface area contributed by atoms with Gasteiger partial charge in [-0.3, -0.25) is 4.79 Å². The molecule has 1 heterocycles. The third-order valence-electron chi connectivity index (χ3n) is 4.07. The van der Waals surface area contributed by atoms with Crippen LogP contribution in [0.3, 0.4) is 0 Å². The molecule has 0 aliphatic carbocycles. The van der Waals surface area contributed by atoms with Gasteiger partial charge in [0.2, 0.25) is 0 Å². The van der Waals surface area contributed by atoms with Gasteiger partial charge in [0.1, 0.15) is 5.82 Å². The van der Waals surface area contributed by atoms with Crippen molar-refractivity contribution in [2.24, 2.45) is 0 Å². The summed E-state index contributed by atoms with van der Waals surface area (Å²) < 4.78 is 55.5. The van der Waals surface area contributed by atoms with Crippen LogP contribution in [-0.2, 0) is 6.18 Å². The molecule has 0 bridgehead atoms. The van der Waals surface area contributed by atoms with Crippen LogP contribution in [0.15, 0.2) is 54.7 Å². The first kappa shape index (κ1) is 19.9. The Bertz CT molecular complexity index is 999. The van der Waals surface area contributed by atoms with Crippen LogP contribution in [-0.4, -0.2) is 15.7 Å². The van der Waals surface area contributed by atoms with Crippen molar-refractivity contribution in [3.63, 3.8) is 0 Å². The zero-order valence-electron chi connectivity index (χ0n) is 14.5. The van der Waals surface area contributed by atoms with Crippen molar-refractivity contribution in [1.82, 2.24) is 15.1 Å². The van der Waals surface area contributed by atoms with Gasteiger partial charge in [0.25, 0.3) is 5.91 Å². The van der Waals surface area contributed by atoms with Crippen LogP contribution in [0.25, 0.3) is 5.69 Å². The molecule has 0 radical (unpaired) electrons. The second-order valence-corrected chi connectivity index (χ2v) is 6.45. The van der Waals surface area contributed by atoms with Crippen molar-refractivity contribution in [2.45, 2.75) is 19.1 Å². The summed E-state index contributed by atoms with van der Waals surface area (Å²) in [5.41, 5.74) is -1.63. The zero-order chi connectivity index (χ0) is 20.5. The Morgan fingerprint density at radius 1 is 1.14 bits per heavy atom. The van der Waals surface area contributed by atoms with Gasteiger partial charge in [-0.2, -0.15) is 18.3 Å². The summed E-state index contributed by atoms with van der Waals surface area (Å²) in [5, 5.41) is 6.45. The quantitative estimate of drug-likeness (QED) is 0.602. The molecular weight excluding hydrogens is 398 g/mol. The highest BCUT2D eigenvalue weighted by Gasteiger charge is 2.40. The second-order valence-electron chi connectivity index (χ2n) is 6.01. The van der Waals surface area contributed by atoms with Gasteiger partial charge >= 0.3 is 6.18 Å². The minimum absolute atomic E-state index is 0.0953. The number of hydrogen-bond donors (Lipinski definition) is 1. The molecule has 1 N–H and O–H groups in total. The van der Waals surface area contributed by atoms with Gasteiger partial charge in [-0.05, 0) is 37.3 Å². The topological polar surface area (TPSA) is 46.9 Å². The number of alkyl halides is 3. The molecule has 1 amide bonds. The van der Waals surface area contributed by atoms with E-state index in [0.717, 1.165) is 6.20 Å². The van der Waals surface area contributed by atoms with Gasteiger partial charge in [0, 0.05) is 10.6 Å². The van der Waals surface area contributed by atoms with Crippen LogP contribution in [0, 0.1) is 5.82 Å². The number of carbonyl (C=O) groups is 1. The van der Waals surface area contributed by atoms with Crippen LogP contribution in [0.5, 0.6) is 0 Å². The van der Waals surface area contributed by atoms with Gasteiger partial charge in [-0.25, -0.2) is 9.07 Å². The molecule has 0 spiro atoms. The number of nitrogens with one attached hydrogen (secondary N) is 1. The van der Waals surface area contributed by atoms with Crippen molar-refractivity contribution < 1.29 is 22.4 Å². The molecule has 1 atom stereocenters. The van der Waals surface area contributed by atoms with E-state index in [0.29, 0.717) is 9.70 Å². The van der Waals surface area contributed by atoms with Crippen LogP contribution >= 0.6 is 11.6 Å². The average molecular weight is 412 g/mol. The second kappa shape index (κ2) is 7.63. The van der Waals surface area contributed by atoms with E-state index in [2.05, 4.69) is 10.4 Å². The van der Waals surface area contributed by atoms with E-state index in [1.54, 1.807) is 6.07 Å². The number of amides is 1. The number of benzene rings is 2. The summed E-state index contributed by atoms with van der Waals surface area (Å²) in [6.45, 7) is 1.48. The normalized spacial score (nSPS) is 12.6. The van der Waals surface area contributed by atoms with Crippen LogP contribution < -0.4 is 5.32 Å². The Kier molecular flexibility index (Phi) is 5.42. The molecule has 1 unspecified atom stereocenters. The Morgan fingerprint density at radius 2 is 1.79 bits per heavy atom. The number of aromatic nitrogens is 2. The molecule has 146 valence electrons. The zero-order valence-corrected chi connectivity index (χ0v) is 15.2. The lowest BCUT2D eigenvalue weighted by Gasteiger charge is -2.16. The van der Waals surface area contributed by atoms with E-state index in [-0.39, 0.29) is 11.3 Å². The van der Waals surface area contributed by atoms with Gasteiger partial charge in [0.15, 0.2) is 5.69 Å². The molecule has 28 heavy (non-hydrogen) atoms. The predicted molar refractivity (Wildman–Crippen MR) is 95.9 cm³/mol. The Morgan fingerprint density at radius 3 is 2.39 bits per heavy atom. The highest BCUT2D eigenvalue weighted by molar-refractivity contribution is 6.30. The van der Waals surface area contributed by atoms with Gasteiger partial charge in [0.05, 0.1) is 23.5 Å². The summed E-state index contributed by atoms with van der Waals surface area (Å²) >= 11 is 5.77. The molecule has 0 fully saturated rings. The van der Waals surface area contributed by atoms with Crippen LogP contribution in [0.4, 0.5) is 17.6 Å². The third kappa shape index (κ3) is 4.01. The summed E-state index contributed by atoms with van der Waals surface area (Å²) in [6.07, 6.45) is -4.01. The average Bonchev–Trinajstić information content (AvgIpc) is 3.08. The number of halogens is 5. The molecule has 0 aliphatic rings. The van der Waals surface area contributed by atoms with Gasteiger partial charge in [-0.15, -0.1) is 0 Å². The highest BCUT2D eigenvalue weighted by atomic mass is 35.5. The number of hydrogen-bond acceptors (Lipinski definition) is 2. The first-order valence-electron chi connectivity index (χ1n) is 8.15. The highest BCUT2D eigenvalue weighted by Crippen LogP contribution is 2.34. The minimum atomic E-state index is -4.84. The molecule has 0 saturated carbocycles. The van der Waals surface area contributed by atoms with Crippen molar-refractivity contribution in [1.29, 1.82) is 0 Å². The van der Waals surface area contributed by atoms with E-state index in [4.69, 9.17) is 11.6 Å². The molecular formula is C19H14ClF4N3O. The maximum atomic E-state index is 13.9. The van der Waals surface area contributed by atoms with E-state index >= 15 is 0 Å². The van der Waals surface area contributed by atoms with E-state index in [9.17, 15) is 22.4 Å². The Hall–Kier alpha value is -2.87. The fraction of sp³-hybridized carbons (Fsp3) is 0.158. The lowest BCUT2D eigenvalue weighted by molar-refractivity contribution is -0.143. The van der Waals surface area contributed by atoms with Crippen LogP contribution in [0.2, 0.25) is 5.02 Å². The fourth-order valence-corrected chi connectivity index (χ4v) is 2.87. The van der Waals surface area contributed by atoms with Crippen molar-refractivity contribution in [3.8, 4) is 5.69 Å². The van der Waals surface area contributed by atoms with Gasteiger partial charge in [-0.1, -0.05) is 29.8 Å². The molecule has 9 heteroatoms. The molecule has 0 aliphatic heterocycles. The summed E-state index contributed by atoms with van der Waals surface area (Å²) in [7, 11) is 0. The van der Waals surface area contributed by atoms with Crippen LogP contribution in [0.1, 0.15) is 34.6 Å². The van der Waals surface area contributed by atoms with E-state index in [1.165, 1.54) is 49.4 Å². The molecule has 4 nitrogen and oxygen atoms in total. The summed E-state index contributed by atoms with van der Waals surface area (Å²) in [6, 6.07) is 10.4. The fourth-order valence-electron chi connectivity index (χ4n) is 2.74. The number of carbonyl (C=O) groups excluding carboxylic acids is 1.